The van der Waals surface area contributed by atoms with Gasteiger partial charge in [0.1, 0.15) is 10.8 Å². The first kappa shape index (κ1) is 20.5. The van der Waals surface area contributed by atoms with Crippen molar-refractivity contribution in [3.05, 3.63) is 89.4 Å². The summed E-state index contributed by atoms with van der Waals surface area (Å²) < 4.78 is 18.0. The van der Waals surface area contributed by atoms with Crippen LogP contribution in [0.1, 0.15) is 33.2 Å². The second-order valence-corrected chi connectivity index (χ2v) is 6.99. The van der Waals surface area contributed by atoms with Gasteiger partial charge in [-0.15, -0.1) is 11.8 Å². The van der Waals surface area contributed by atoms with Crippen molar-refractivity contribution in [1.82, 2.24) is 4.98 Å². The number of aromatic nitrogens is 1. The van der Waals surface area contributed by atoms with Crippen LogP contribution >= 0.6 is 11.8 Å². The van der Waals surface area contributed by atoms with E-state index in [1.807, 2.05) is 0 Å². The highest BCUT2D eigenvalue weighted by Crippen LogP contribution is 2.25. The van der Waals surface area contributed by atoms with E-state index in [-0.39, 0.29) is 18.3 Å². The Balaban J connectivity index is 1.72. The Morgan fingerprint density at radius 1 is 1.10 bits per heavy atom. The third-order valence-electron chi connectivity index (χ3n) is 3.94. The largest absolute Gasteiger partial charge is 0.462 e. The number of thioether (sulfide) groups is 1. The third-order valence-corrected chi connectivity index (χ3v) is 5.01. The molecule has 0 aliphatic heterocycles. The summed E-state index contributed by atoms with van der Waals surface area (Å²) in [6.45, 7) is 2.01. The van der Waals surface area contributed by atoms with Gasteiger partial charge >= 0.3 is 5.97 Å². The van der Waals surface area contributed by atoms with Crippen LogP contribution in [0.15, 0.2) is 71.9 Å². The lowest BCUT2D eigenvalue weighted by atomic mass is 10.2. The molecule has 5 nitrogen and oxygen atoms in total. The maximum Gasteiger partial charge on any atom is 0.338 e. The monoisotopic (exact) mass is 410 g/mol. The van der Waals surface area contributed by atoms with Crippen LogP contribution in [0, 0.1) is 5.82 Å². The maximum atomic E-state index is 13.0. The van der Waals surface area contributed by atoms with E-state index in [9.17, 15) is 14.0 Å². The van der Waals surface area contributed by atoms with Crippen LogP contribution in [0.3, 0.4) is 0 Å². The van der Waals surface area contributed by atoms with Crippen molar-refractivity contribution in [2.75, 3.05) is 11.9 Å². The molecule has 0 unspecified atom stereocenters. The molecule has 0 saturated heterocycles. The van der Waals surface area contributed by atoms with Crippen molar-refractivity contribution < 1.29 is 18.7 Å². The maximum absolute atomic E-state index is 13.0. The van der Waals surface area contributed by atoms with Crippen molar-refractivity contribution in [3.63, 3.8) is 0 Å². The number of rotatable bonds is 7. The number of carbonyl (C=O) groups excluding carboxylic acids is 2. The van der Waals surface area contributed by atoms with E-state index in [4.69, 9.17) is 4.74 Å². The lowest BCUT2D eigenvalue weighted by molar-refractivity contribution is 0.0526. The zero-order valence-corrected chi connectivity index (χ0v) is 16.5. The Kier molecular flexibility index (Phi) is 6.97. The molecule has 29 heavy (non-hydrogen) atoms. The number of nitrogens with one attached hydrogen (secondary N) is 1. The molecular formula is C22H19FN2O3S. The fourth-order valence-electron chi connectivity index (χ4n) is 2.55. The predicted molar refractivity (Wildman–Crippen MR) is 111 cm³/mol. The molecule has 1 aromatic heterocycles. The summed E-state index contributed by atoms with van der Waals surface area (Å²) in [4.78, 5) is 28.9. The Hall–Kier alpha value is -3.19. The molecule has 1 amide bonds. The van der Waals surface area contributed by atoms with Crippen molar-refractivity contribution in [3.8, 4) is 0 Å². The van der Waals surface area contributed by atoms with E-state index in [2.05, 4.69) is 10.3 Å². The summed E-state index contributed by atoms with van der Waals surface area (Å²) in [7, 11) is 0. The van der Waals surface area contributed by atoms with Crippen molar-refractivity contribution >= 4 is 29.3 Å². The predicted octanol–water partition coefficient (Wildman–Crippen LogP) is 4.94. The van der Waals surface area contributed by atoms with Gasteiger partial charge in [-0.3, -0.25) is 4.79 Å². The summed E-state index contributed by atoms with van der Waals surface area (Å²) in [5.74, 6) is -0.515. The number of hydrogen-bond acceptors (Lipinski definition) is 5. The summed E-state index contributed by atoms with van der Waals surface area (Å²) in [6.07, 6.45) is 1.62. The van der Waals surface area contributed by atoms with Gasteiger partial charge in [-0.05, 0) is 55.0 Å². The van der Waals surface area contributed by atoms with Crippen LogP contribution < -0.4 is 5.32 Å². The number of amides is 1. The number of halogens is 1. The molecule has 1 heterocycles. The smallest absolute Gasteiger partial charge is 0.338 e. The molecule has 0 spiro atoms. The van der Waals surface area contributed by atoms with E-state index in [1.165, 1.54) is 23.9 Å². The zero-order valence-electron chi connectivity index (χ0n) is 15.7. The molecule has 0 atom stereocenters. The topological polar surface area (TPSA) is 68.3 Å². The van der Waals surface area contributed by atoms with Crippen molar-refractivity contribution in [2.45, 2.75) is 17.7 Å². The van der Waals surface area contributed by atoms with Crippen LogP contribution in [-0.4, -0.2) is 23.5 Å². The number of nitrogens with zero attached hydrogens (tertiary/aromatic N) is 1. The van der Waals surface area contributed by atoms with Gasteiger partial charge in [0, 0.05) is 17.6 Å². The molecule has 0 aliphatic rings. The zero-order chi connectivity index (χ0) is 20.6. The van der Waals surface area contributed by atoms with Gasteiger partial charge in [-0.2, -0.15) is 0 Å². The van der Waals surface area contributed by atoms with Gasteiger partial charge in [-0.1, -0.05) is 18.2 Å². The van der Waals surface area contributed by atoms with Gasteiger partial charge in [0.15, 0.2) is 0 Å². The minimum atomic E-state index is -0.444. The van der Waals surface area contributed by atoms with Crippen molar-refractivity contribution in [1.29, 1.82) is 0 Å². The van der Waals surface area contributed by atoms with E-state index in [0.717, 1.165) is 5.56 Å². The second-order valence-electron chi connectivity index (χ2n) is 6.03. The van der Waals surface area contributed by atoms with E-state index in [0.29, 0.717) is 27.6 Å². The average Bonchev–Trinajstić information content (AvgIpc) is 2.74. The fourth-order valence-corrected chi connectivity index (χ4v) is 3.50. The number of anilines is 1. The average molecular weight is 410 g/mol. The summed E-state index contributed by atoms with van der Waals surface area (Å²) >= 11 is 1.39. The second kappa shape index (κ2) is 9.84. The highest BCUT2D eigenvalue weighted by molar-refractivity contribution is 7.98. The van der Waals surface area contributed by atoms with Crippen LogP contribution in [-0.2, 0) is 10.5 Å². The van der Waals surface area contributed by atoms with E-state index >= 15 is 0 Å². The van der Waals surface area contributed by atoms with Crippen LogP contribution in [0.25, 0.3) is 0 Å². The molecule has 0 fully saturated rings. The number of benzene rings is 2. The Bertz CT molecular complexity index is 1010. The number of esters is 1. The minimum Gasteiger partial charge on any atom is -0.462 e. The molecule has 0 aliphatic carbocycles. The highest BCUT2D eigenvalue weighted by Gasteiger charge is 2.14. The molecule has 3 aromatic rings. The molecule has 7 heteroatoms. The van der Waals surface area contributed by atoms with Gasteiger partial charge in [0.25, 0.3) is 5.91 Å². The van der Waals surface area contributed by atoms with Gasteiger partial charge < -0.3 is 10.1 Å². The SMILES string of the molecule is CCOC(=O)c1cccc(NC(=O)c2cccnc2SCc2ccc(F)cc2)c1. The molecule has 1 N–H and O–H groups in total. The third kappa shape index (κ3) is 5.65. The Morgan fingerprint density at radius 3 is 2.66 bits per heavy atom. The van der Waals surface area contributed by atoms with E-state index < -0.39 is 5.97 Å². The minimum absolute atomic E-state index is 0.278. The summed E-state index contributed by atoms with van der Waals surface area (Å²) in [5, 5.41) is 3.36. The fraction of sp³-hybridized carbons (Fsp3) is 0.136. The first-order chi connectivity index (χ1) is 14.1. The first-order valence-corrected chi connectivity index (χ1v) is 9.96. The van der Waals surface area contributed by atoms with Crippen LogP contribution in [0.2, 0.25) is 0 Å². The highest BCUT2D eigenvalue weighted by atomic mass is 32.2. The quantitative estimate of drug-likeness (QED) is 0.441. The van der Waals surface area contributed by atoms with Crippen LogP contribution in [0.5, 0.6) is 0 Å². The molecule has 3 rings (SSSR count). The van der Waals surface area contributed by atoms with Crippen molar-refractivity contribution in [2.24, 2.45) is 0 Å². The number of ether oxygens (including phenoxy) is 1. The molecular weight excluding hydrogens is 391 g/mol. The number of hydrogen-bond donors (Lipinski definition) is 1. The Morgan fingerprint density at radius 2 is 1.90 bits per heavy atom. The molecule has 0 saturated carbocycles. The van der Waals surface area contributed by atoms with E-state index in [1.54, 1.807) is 61.7 Å². The van der Waals surface area contributed by atoms with Crippen LogP contribution in [0.4, 0.5) is 10.1 Å². The Labute approximate surface area is 172 Å². The normalized spacial score (nSPS) is 10.4. The number of pyridine rings is 1. The lowest BCUT2D eigenvalue weighted by Crippen LogP contribution is -2.14. The molecule has 0 radical (unpaired) electrons. The number of carbonyl (C=O) groups is 2. The van der Waals surface area contributed by atoms with Gasteiger partial charge in [0.2, 0.25) is 0 Å². The molecule has 0 bridgehead atoms. The summed E-state index contributed by atoms with van der Waals surface area (Å²) in [6, 6.07) is 16.1. The molecule has 2 aromatic carbocycles. The lowest BCUT2D eigenvalue weighted by Gasteiger charge is -2.10. The standard InChI is InChI=1S/C22H19FN2O3S/c1-2-28-22(27)16-5-3-6-18(13-16)25-20(26)19-7-4-12-24-21(19)29-14-15-8-10-17(23)11-9-15/h3-13H,2,14H2,1H3,(H,25,26). The first-order valence-electron chi connectivity index (χ1n) is 8.97. The summed E-state index contributed by atoms with van der Waals surface area (Å²) in [5.41, 5.74) is 2.19. The molecule has 148 valence electrons. The van der Waals surface area contributed by atoms with Gasteiger partial charge in [-0.25, -0.2) is 14.2 Å². The van der Waals surface area contributed by atoms with Gasteiger partial charge in [0.05, 0.1) is 17.7 Å².